The molecular weight excluding hydrogens is 454 g/mol. The molecule has 2 aliphatic carbocycles. The van der Waals surface area contributed by atoms with Gasteiger partial charge >= 0.3 is 0 Å². The van der Waals surface area contributed by atoms with Crippen molar-refractivity contribution in [2.75, 3.05) is 6.61 Å². The summed E-state index contributed by atoms with van der Waals surface area (Å²) in [5.74, 6) is 1.08. The molecular formula is C32H48F2O2. The summed E-state index contributed by atoms with van der Waals surface area (Å²) < 4.78 is 40.3. The molecule has 0 amide bonds. The number of halogens is 2. The molecule has 0 radical (unpaired) electrons. The minimum Gasteiger partial charge on any atom is -0.498 e. The van der Waals surface area contributed by atoms with Crippen molar-refractivity contribution in [2.24, 2.45) is 17.8 Å². The molecule has 0 saturated heterocycles. The molecule has 2 fully saturated rings. The van der Waals surface area contributed by atoms with Gasteiger partial charge in [-0.25, -0.2) is 4.39 Å². The van der Waals surface area contributed by atoms with Crippen LogP contribution in [0.15, 0.2) is 24.0 Å². The summed E-state index contributed by atoms with van der Waals surface area (Å²) in [7, 11) is 0. The first-order chi connectivity index (χ1) is 17.6. The van der Waals surface area contributed by atoms with E-state index in [1.54, 1.807) is 19.1 Å². The van der Waals surface area contributed by atoms with Crippen LogP contribution in [0.4, 0.5) is 8.78 Å². The number of hydrogen-bond acceptors (Lipinski definition) is 2. The zero-order valence-electron chi connectivity index (χ0n) is 22.7. The monoisotopic (exact) mass is 502 g/mol. The van der Waals surface area contributed by atoms with E-state index in [9.17, 15) is 8.78 Å². The fraction of sp³-hybridized carbons (Fsp3) is 0.750. The summed E-state index contributed by atoms with van der Waals surface area (Å²) in [6, 6.07) is 3.32. The standard InChI is InChI=1S/C32H48F2O2/c1-3-7-23-12-17-27(18-13-23)29-20-14-25(22-36-29)9-6-5-8-24-10-15-26(16-11-24)28-19-21-30(35-4-2)32(34)31(28)33/h19,21-24,26-27,29H,3-18,20H2,1-2H3. The van der Waals surface area contributed by atoms with Crippen molar-refractivity contribution in [1.29, 1.82) is 0 Å². The molecule has 1 aromatic rings. The highest BCUT2D eigenvalue weighted by molar-refractivity contribution is 5.33. The predicted octanol–water partition coefficient (Wildman–Crippen LogP) is 9.87. The third kappa shape index (κ3) is 7.25. The second kappa shape index (κ2) is 13.8. The number of unbranched alkanes of at least 4 members (excludes halogenated alkanes) is 1. The van der Waals surface area contributed by atoms with E-state index in [4.69, 9.17) is 9.47 Å². The lowest BCUT2D eigenvalue weighted by atomic mass is 9.76. The Labute approximate surface area is 218 Å². The summed E-state index contributed by atoms with van der Waals surface area (Å²) in [5, 5.41) is 0. The number of allylic oxidation sites excluding steroid dienone is 1. The maximum atomic E-state index is 14.6. The molecule has 1 atom stereocenters. The Balaban J connectivity index is 1.11. The molecule has 1 unspecified atom stereocenters. The van der Waals surface area contributed by atoms with Gasteiger partial charge in [0.05, 0.1) is 12.9 Å². The van der Waals surface area contributed by atoms with Gasteiger partial charge in [0.1, 0.15) is 6.10 Å². The van der Waals surface area contributed by atoms with Crippen molar-refractivity contribution in [3.63, 3.8) is 0 Å². The van der Waals surface area contributed by atoms with Crippen LogP contribution in [0.3, 0.4) is 0 Å². The molecule has 4 heteroatoms. The molecule has 202 valence electrons. The molecule has 0 bridgehead atoms. The Morgan fingerprint density at radius 3 is 2.22 bits per heavy atom. The van der Waals surface area contributed by atoms with Crippen molar-refractivity contribution in [3.8, 4) is 5.75 Å². The van der Waals surface area contributed by atoms with E-state index in [-0.39, 0.29) is 11.7 Å². The van der Waals surface area contributed by atoms with Crippen molar-refractivity contribution in [3.05, 3.63) is 41.2 Å². The number of rotatable bonds is 11. The average Bonchev–Trinajstić information content (AvgIpc) is 2.91. The molecule has 0 spiro atoms. The van der Waals surface area contributed by atoms with Crippen molar-refractivity contribution >= 4 is 0 Å². The Kier molecular flexibility index (Phi) is 10.5. The van der Waals surface area contributed by atoms with Crippen LogP contribution in [-0.4, -0.2) is 12.7 Å². The van der Waals surface area contributed by atoms with Crippen molar-refractivity contribution in [2.45, 2.75) is 129 Å². The van der Waals surface area contributed by atoms with E-state index < -0.39 is 11.6 Å². The van der Waals surface area contributed by atoms with E-state index in [0.29, 0.717) is 18.3 Å². The minimum absolute atomic E-state index is 0.0240. The van der Waals surface area contributed by atoms with Crippen LogP contribution in [0.1, 0.15) is 128 Å². The third-order valence-electron chi connectivity index (χ3n) is 9.30. The van der Waals surface area contributed by atoms with Crippen LogP contribution < -0.4 is 4.74 Å². The fourth-order valence-corrected chi connectivity index (χ4v) is 7.10. The largest absolute Gasteiger partial charge is 0.498 e. The number of hydrogen-bond donors (Lipinski definition) is 0. The van der Waals surface area contributed by atoms with E-state index in [1.807, 2.05) is 0 Å². The zero-order valence-corrected chi connectivity index (χ0v) is 22.7. The van der Waals surface area contributed by atoms with E-state index >= 15 is 0 Å². The first-order valence-electron chi connectivity index (χ1n) is 15.0. The van der Waals surface area contributed by atoms with Gasteiger partial charge in [0.25, 0.3) is 0 Å². The molecule has 3 aliphatic rings. The summed E-state index contributed by atoms with van der Waals surface area (Å²) >= 11 is 0. The second-order valence-electron chi connectivity index (χ2n) is 11.7. The maximum Gasteiger partial charge on any atom is 0.200 e. The number of benzene rings is 1. The third-order valence-corrected chi connectivity index (χ3v) is 9.30. The molecule has 0 aromatic heterocycles. The van der Waals surface area contributed by atoms with Gasteiger partial charge in [0, 0.05) is 0 Å². The minimum atomic E-state index is -0.830. The van der Waals surface area contributed by atoms with Gasteiger partial charge in [-0.15, -0.1) is 0 Å². The molecule has 2 saturated carbocycles. The normalized spacial score (nSPS) is 28.9. The van der Waals surface area contributed by atoms with Crippen LogP contribution in [0, 0.1) is 29.4 Å². The van der Waals surface area contributed by atoms with E-state index in [1.165, 1.54) is 82.6 Å². The molecule has 1 aliphatic heterocycles. The van der Waals surface area contributed by atoms with Gasteiger partial charge < -0.3 is 9.47 Å². The summed E-state index contributed by atoms with van der Waals surface area (Å²) in [6.45, 7) is 4.43. The molecule has 2 nitrogen and oxygen atoms in total. The van der Waals surface area contributed by atoms with Gasteiger partial charge in [-0.05, 0) is 112 Å². The quantitative estimate of drug-likeness (QED) is 0.280. The Hall–Kier alpha value is -1.58. The Bertz CT molecular complexity index is 835. The van der Waals surface area contributed by atoms with Gasteiger partial charge in [-0.2, -0.15) is 4.39 Å². The lowest BCUT2D eigenvalue weighted by molar-refractivity contribution is 0.0388. The molecule has 4 rings (SSSR count). The van der Waals surface area contributed by atoms with Crippen molar-refractivity contribution < 1.29 is 18.3 Å². The van der Waals surface area contributed by atoms with E-state index in [2.05, 4.69) is 13.2 Å². The highest BCUT2D eigenvalue weighted by Gasteiger charge is 2.30. The van der Waals surface area contributed by atoms with Gasteiger partial charge in [-0.3, -0.25) is 0 Å². The van der Waals surface area contributed by atoms with Gasteiger partial charge in [0.2, 0.25) is 5.82 Å². The van der Waals surface area contributed by atoms with Crippen LogP contribution in [-0.2, 0) is 4.74 Å². The maximum absolute atomic E-state index is 14.6. The fourth-order valence-electron chi connectivity index (χ4n) is 7.10. The zero-order chi connectivity index (χ0) is 25.3. The highest BCUT2D eigenvalue weighted by atomic mass is 19.2. The topological polar surface area (TPSA) is 18.5 Å². The van der Waals surface area contributed by atoms with Crippen LogP contribution in [0.2, 0.25) is 0 Å². The average molecular weight is 503 g/mol. The van der Waals surface area contributed by atoms with Gasteiger partial charge in [0.15, 0.2) is 11.6 Å². The molecule has 1 heterocycles. The lowest BCUT2D eigenvalue weighted by Crippen LogP contribution is -2.29. The van der Waals surface area contributed by atoms with Crippen molar-refractivity contribution in [1.82, 2.24) is 0 Å². The van der Waals surface area contributed by atoms with Crippen LogP contribution in [0.25, 0.3) is 0 Å². The second-order valence-corrected chi connectivity index (χ2v) is 11.7. The highest BCUT2D eigenvalue weighted by Crippen LogP contribution is 2.41. The summed E-state index contributed by atoms with van der Waals surface area (Å²) in [4.78, 5) is 0. The summed E-state index contributed by atoms with van der Waals surface area (Å²) in [6.07, 6.45) is 22.3. The first kappa shape index (κ1) is 27.5. The predicted molar refractivity (Wildman–Crippen MR) is 143 cm³/mol. The van der Waals surface area contributed by atoms with E-state index in [0.717, 1.165) is 43.4 Å². The molecule has 1 aromatic carbocycles. The smallest absolute Gasteiger partial charge is 0.200 e. The lowest BCUT2D eigenvalue weighted by Gasteiger charge is -2.35. The van der Waals surface area contributed by atoms with Crippen LogP contribution in [0.5, 0.6) is 5.75 Å². The molecule has 0 N–H and O–H groups in total. The number of ether oxygens (including phenoxy) is 2. The SMILES string of the molecule is CCCC1CCC(C2CCC(CCCCC3CCC(c4ccc(OCC)c(F)c4F)CC3)=CO2)CC1. The Morgan fingerprint density at radius 1 is 0.833 bits per heavy atom. The Morgan fingerprint density at radius 2 is 1.56 bits per heavy atom. The first-order valence-corrected chi connectivity index (χ1v) is 15.0. The summed E-state index contributed by atoms with van der Waals surface area (Å²) in [5.41, 5.74) is 2.04. The van der Waals surface area contributed by atoms with Gasteiger partial charge in [-0.1, -0.05) is 51.5 Å². The van der Waals surface area contributed by atoms with Crippen LogP contribution >= 0.6 is 0 Å². The molecule has 36 heavy (non-hydrogen) atoms.